The number of methoxy groups -OCH3 is 2. The molecule has 10 saturated carbocycles. The van der Waals surface area contributed by atoms with Gasteiger partial charge >= 0.3 is 11.9 Å². The molecule has 0 bridgehead atoms. The Morgan fingerprint density at radius 1 is 0.538 bits per heavy atom. The number of rotatable bonds is 14. The van der Waals surface area contributed by atoms with E-state index in [4.69, 9.17) is 19.2 Å². The third-order valence-corrected chi connectivity index (χ3v) is 31.0. The van der Waals surface area contributed by atoms with Crippen LogP contribution in [-0.2, 0) is 43.2 Å². The van der Waals surface area contributed by atoms with E-state index in [1.54, 1.807) is 18.1 Å². The van der Waals surface area contributed by atoms with Gasteiger partial charge in [0.05, 0.1) is 19.8 Å². The van der Waals surface area contributed by atoms with Gasteiger partial charge in [0.15, 0.2) is 5.78 Å². The second kappa shape index (κ2) is 27.3. The number of hydrogen-bond acceptors (Lipinski definition) is 9. The molecule has 0 heterocycles. The summed E-state index contributed by atoms with van der Waals surface area (Å²) in [5.41, 5.74) is 3.53. The van der Waals surface area contributed by atoms with Crippen molar-refractivity contribution in [3.8, 4) is 0 Å². The zero-order valence-electron chi connectivity index (χ0n) is 61.2. The predicted molar refractivity (Wildman–Crippen MR) is 365 cm³/mol. The molecular weight excluding hydrogens is 1130 g/mol. The van der Waals surface area contributed by atoms with Crippen LogP contribution in [0.5, 0.6) is 0 Å². The molecule has 0 aliphatic heterocycles. The van der Waals surface area contributed by atoms with Crippen LogP contribution in [-0.4, -0.2) is 55.2 Å². The van der Waals surface area contributed by atoms with Gasteiger partial charge < -0.3 is 14.3 Å². The largest absolute Gasteiger partial charge is 0.469 e. The van der Waals surface area contributed by atoms with Gasteiger partial charge in [-0.15, -0.1) is 0 Å². The zero-order chi connectivity index (χ0) is 66.1. The van der Waals surface area contributed by atoms with Crippen LogP contribution < -0.4 is 0 Å². The summed E-state index contributed by atoms with van der Waals surface area (Å²) in [5, 5.41) is 0. The zero-order valence-corrected chi connectivity index (χ0v) is 61.2. The van der Waals surface area contributed by atoms with Crippen LogP contribution in [0.3, 0.4) is 0 Å². The molecule has 0 spiro atoms. The number of esters is 2. The van der Waals surface area contributed by atoms with E-state index in [-0.39, 0.29) is 51.1 Å². The number of ether oxygens (including phenoxy) is 2. The molecule has 10 fully saturated rings. The summed E-state index contributed by atoms with van der Waals surface area (Å²) in [4.78, 5) is 74.9. The van der Waals surface area contributed by atoms with Gasteiger partial charge in [0.1, 0.15) is 17.7 Å². The molecule has 91 heavy (non-hydrogen) atoms. The molecule has 12 aliphatic rings. The van der Waals surface area contributed by atoms with Gasteiger partial charge in [-0.05, 0) is 310 Å². The highest BCUT2D eigenvalue weighted by molar-refractivity contribution is 5.97. The molecule has 0 radical (unpaired) electrons. The maximum absolute atomic E-state index is 13.8. The lowest BCUT2D eigenvalue weighted by Crippen LogP contribution is -2.57. The Kier molecular flexibility index (Phi) is 21.4. The number of carbonyl (C=O) groups is 5. The molecule has 0 amide bonds. The van der Waals surface area contributed by atoms with Gasteiger partial charge in [0, 0.05) is 41.9 Å². The Morgan fingerprint density at radius 3 is 1.57 bits per heavy atom. The van der Waals surface area contributed by atoms with Crippen molar-refractivity contribution >= 4 is 29.3 Å². The smallest absolute Gasteiger partial charge is 0.305 e. The molecular formula is C82H132O9. The highest BCUT2D eigenvalue weighted by Crippen LogP contribution is 2.71. The molecule has 0 aromatic rings. The highest BCUT2D eigenvalue weighted by atomic mass is 17.2. The minimum atomic E-state index is -0.342. The average Bonchev–Trinajstić information content (AvgIpc) is 1.70. The number of Topliss-reactive ketones (excluding diaryl/α,β-unsaturated/α-hetero) is 2. The van der Waals surface area contributed by atoms with E-state index in [0.29, 0.717) is 113 Å². The van der Waals surface area contributed by atoms with Crippen LogP contribution >= 0.6 is 0 Å². The number of fused-ring (bicyclic) bond motifs is 15. The average molecular weight is 1260 g/mol. The number of allylic oxidation sites excluding steroid dienone is 3. The summed E-state index contributed by atoms with van der Waals surface area (Å²) >= 11 is 0. The normalized spacial score (nSPS) is 45.4. The Balaban J connectivity index is 0.000000151. The van der Waals surface area contributed by atoms with Crippen LogP contribution in [0.4, 0.5) is 0 Å². The molecule has 12 aliphatic carbocycles. The second-order valence-corrected chi connectivity index (χ2v) is 36.9. The monoisotopic (exact) mass is 1260 g/mol. The van der Waals surface area contributed by atoms with E-state index >= 15 is 0 Å². The first-order valence-electron chi connectivity index (χ1n) is 38.3. The fourth-order valence-electron chi connectivity index (χ4n) is 25.5. The van der Waals surface area contributed by atoms with Crippen LogP contribution in [0.2, 0.25) is 0 Å². The van der Waals surface area contributed by atoms with Gasteiger partial charge in [-0.3, -0.25) is 19.2 Å². The van der Waals surface area contributed by atoms with Crippen molar-refractivity contribution in [2.45, 2.75) is 302 Å². The fourth-order valence-corrected chi connectivity index (χ4v) is 25.5. The SMILES string of the molecule is CC(=O)CC[C@@H](C)[C@H]1CCC2C3CC[C@@H]4C[C@H](C)CC[C@]4(C)C3=CC(=O)[C@@]21C.COC(=O)CC[C@@H](C)[C@H]1CCC2C3CC[C@@H]4C[C@H](C)CC[C@]4(C)C3=CC(OOC(C)(C)C)[C@@]21C.COC(=O)CC[C@@H](C)[C@H]1CCC2C3CC[C@@H]4C[C@H](C)CC[C@]4(C)C3CC(=O)[C@@]21C. The topological polar surface area (TPSA) is 122 Å². The number of ketones is 3. The minimum Gasteiger partial charge on any atom is -0.469 e. The lowest BCUT2D eigenvalue weighted by molar-refractivity contribution is -0.385. The molecule has 26 atom stereocenters. The van der Waals surface area contributed by atoms with E-state index in [1.165, 1.54) is 143 Å². The molecule has 9 nitrogen and oxygen atoms in total. The number of hydrogen-bond donors (Lipinski definition) is 0. The van der Waals surface area contributed by atoms with Crippen molar-refractivity contribution < 1.29 is 43.2 Å². The van der Waals surface area contributed by atoms with E-state index in [2.05, 4.69) is 116 Å². The Bertz CT molecular complexity index is 2700. The van der Waals surface area contributed by atoms with E-state index in [0.717, 1.165) is 73.5 Å². The molecule has 12 rings (SSSR count). The first-order chi connectivity index (χ1) is 42.8. The summed E-state index contributed by atoms with van der Waals surface area (Å²) in [6.07, 6.45) is 37.1. The first kappa shape index (κ1) is 71.1. The predicted octanol–water partition coefficient (Wildman–Crippen LogP) is 20.0. The van der Waals surface area contributed by atoms with Crippen molar-refractivity contribution in [2.75, 3.05) is 14.2 Å². The van der Waals surface area contributed by atoms with Crippen LogP contribution in [0, 0.1) is 145 Å². The summed E-state index contributed by atoms with van der Waals surface area (Å²) in [7, 11) is 2.96. The summed E-state index contributed by atoms with van der Waals surface area (Å²) in [6.45, 7) is 36.7. The Hall–Kier alpha value is -2.65. The van der Waals surface area contributed by atoms with Crippen molar-refractivity contribution in [3.05, 3.63) is 23.3 Å². The van der Waals surface area contributed by atoms with Crippen molar-refractivity contribution in [1.82, 2.24) is 0 Å². The van der Waals surface area contributed by atoms with E-state index in [1.807, 2.05) is 0 Å². The van der Waals surface area contributed by atoms with Crippen molar-refractivity contribution in [3.63, 3.8) is 0 Å². The van der Waals surface area contributed by atoms with E-state index < -0.39 is 0 Å². The third kappa shape index (κ3) is 13.1. The summed E-state index contributed by atoms with van der Waals surface area (Å²) < 4.78 is 9.79. The van der Waals surface area contributed by atoms with Gasteiger partial charge in [-0.1, -0.05) is 107 Å². The van der Waals surface area contributed by atoms with Crippen molar-refractivity contribution in [2.24, 2.45) is 145 Å². The van der Waals surface area contributed by atoms with Gasteiger partial charge in [-0.25, -0.2) is 9.78 Å². The molecule has 0 saturated heterocycles. The molecule has 8 unspecified atom stereocenters. The van der Waals surface area contributed by atoms with Crippen molar-refractivity contribution in [1.29, 1.82) is 0 Å². The molecule has 514 valence electrons. The first-order valence-corrected chi connectivity index (χ1v) is 38.3. The molecule has 0 N–H and O–H groups in total. The van der Waals surface area contributed by atoms with Crippen LogP contribution in [0.25, 0.3) is 0 Å². The Labute approximate surface area is 554 Å². The third-order valence-electron chi connectivity index (χ3n) is 31.0. The fraction of sp³-hybridized carbons (Fsp3) is 0.890. The van der Waals surface area contributed by atoms with E-state index in [9.17, 15) is 24.0 Å². The number of carbonyl (C=O) groups excluding carboxylic acids is 5. The highest BCUT2D eigenvalue weighted by Gasteiger charge is 2.66. The van der Waals surface area contributed by atoms with Gasteiger partial charge in [-0.2, -0.15) is 0 Å². The molecule has 9 heteroatoms. The van der Waals surface area contributed by atoms with Crippen LogP contribution in [0.1, 0.15) is 291 Å². The standard InChI is InChI=1S/C30H50O4.C26H42O3.C26H40O2/c1-19-15-16-29(6)21(17-19)10-11-22-24-13-12-23(20(2)9-14-27(31)32-8)30(24,7)26(18-25(22)29)33-34-28(3,4)5;1-16-12-13-25(3)18(14-16)7-8-19-21-10-9-20(17(2)6-11-24(28)29-5)26(21,4)23(27)15-22(19)25;1-16-12-13-25(4)19(14-16)8-9-20-22-11-10-21(17(2)6-7-18(3)27)26(22,5)24(28)15-23(20)25/h18-24,26H,9-17H2,1-8H3;16-22H,6-15H2,1-5H3;15-17,19-22H,6-14H2,1-5H3/t19-,20-,21-,22?,23-,24?,26?,29+,30-;16-,17-,18-,19?,20-,21?,22?,25+,26-;16-,17-,19-,20?,21-,22?,25+,26-/m111/s1. The maximum Gasteiger partial charge on any atom is 0.305 e. The quantitative estimate of drug-likeness (QED) is 0.0724. The summed E-state index contributed by atoms with van der Waals surface area (Å²) in [6, 6.07) is 0. The maximum atomic E-state index is 13.8. The Morgan fingerprint density at radius 2 is 1.01 bits per heavy atom. The summed E-state index contributed by atoms with van der Waals surface area (Å²) in [5.74, 6) is 13.1. The lowest BCUT2D eigenvalue weighted by Gasteiger charge is -2.60. The molecule has 0 aromatic heterocycles. The minimum absolute atomic E-state index is 0.0279. The molecule has 0 aromatic carbocycles. The second-order valence-electron chi connectivity index (χ2n) is 36.9. The van der Waals surface area contributed by atoms with Gasteiger partial charge in [0.25, 0.3) is 0 Å². The van der Waals surface area contributed by atoms with Gasteiger partial charge in [0.2, 0.25) is 0 Å². The van der Waals surface area contributed by atoms with Crippen LogP contribution in [0.15, 0.2) is 23.3 Å². The lowest BCUT2D eigenvalue weighted by atomic mass is 9.43.